The molecule has 0 bridgehead atoms. The Balaban J connectivity index is 2.32. The largest absolute Gasteiger partial charge is 0.220 e. The molecule has 0 fully saturated rings. The van der Waals surface area contributed by atoms with Gasteiger partial charge in [-0.1, -0.05) is 51.5 Å². The zero-order valence-corrected chi connectivity index (χ0v) is 19.1. The lowest BCUT2D eigenvalue weighted by atomic mass is 9.79. The molecule has 0 N–H and O–H groups in total. The molecule has 1 aromatic heterocycles. The predicted octanol–water partition coefficient (Wildman–Crippen LogP) is 6.96. The molecule has 1 heterocycles. The SMILES string of the molecule is Cc1cc(C)c(C)c(-c2c3ccc(C(C(C)C)C(C)C)cc3cc(C)[n+]2C)c1. The third-order valence-electron chi connectivity index (χ3n) is 6.45. The van der Waals surface area contributed by atoms with Gasteiger partial charge in [0.2, 0.25) is 5.69 Å². The Labute approximate surface area is 171 Å². The number of rotatable bonds is 4. The molecule has 0 aliphatic carbocycles. The quantitative estimate of drug-likeness (QED) is 0.435. The normalized spacial score (nSPS) is 12.0. The fourth-order valence-corrected chi connectivity index (χ4v) is 4.95. The van der Waals surface area contributed by atoms with Gasteiger partial charge in [-0.2, -0.15) is 4.57 Å². The highest BCUT2D eigenvalue weighted by molar-refractivity contribution is 5.94. The summed E-state index contributed by atoms with van der Waals surface area (Å²) in [6.45, 7) is 18.3. The Morgan fingerprint density at radius 1 is 0.786 bits per heavy atom. The summed E-state index contributed by atoms with van der Waals surface area (Å²) >= 11 is 0. The molecule has 3 aromatic rings. The molecule has 3 rings (SSSR count). The number of hydrogen-bond donors (Lipinski definition) is 0. The van der Waals surface area contributed by atoms with Crippen molar-refractivity contribution in [3.63, 3.8) is 0 Å². The zero-order valence-electron chi connectivity index (χ0n) is 19.1. The molecule has 0 aliphatic heterocycles. The van der Waals surface area contributed by atoms with E-state index in [1.807, 2.05) is 0 Å². The van der Waals surface area contributed by atoms with Crippen molar-refractivity contribution >= 4 is 10.8 Å². The fourth-order valence-electron chi connectivity index (χ4n) is 4.95. The first-order valence-corrected chi connectivity index (χ1v) is 10.6. The van der Waals surface area contributed by atoms with Gasteiger partial charge in [-0.25, -0.2) is 0 Å². The third kappa shape index (κ3) is 3.60. The van der Waals surface area contributed by atoms with Crippen molar-refractivity contribution in [3.05, 3.63) is 64.3 Å². The molecule has 1 nitrogen and oxygen atoms in total. The average Bonchev–Trinajstić information content (AvgIpc) is 2.59. The summed E-state index contributed by atoms with van der Waals surface area (Å²) < 4.78 is 2.35. The molecule has 0 saturated carbocycles. The first kappa shape index (κ1) is 20.6. The van der Waals surface area contributed by atoms with E-state index < -0.39 is 0 Å². The molecular formula is C27H36N+. The van der Waals surface area contributed by atoms with E-state index >= 15 is 0 Å². The van der Waals surface area contributed by atoms with Gasteiger partial charge in [0.1, 0.15) is 7.05 Å². The Hall–Kier alpha value is -2.15. The molecule has 0 atom stereocenters. The lowest BCUT2D eigenvalue weighted by Crippen LogP contribution is -2.35. The first-order valence-electron chi connectivity index (χ1n) is 10.6. The third-order valence-corrected chi connectivity index (χ3v) is 6.45. The van der Waals surface area contributed by atoms with E-state index in [2.05, 4.69) is 103 Å². The van der Waals surface area contributed by atoms with Crippen LogP contribution >= 0.6 is 0 Å². The molecule has 2 aromatic carbocycles. The topological polar surface area (TPSA) is 3.88 Å². The highest BCUT2D eigenvalue weighted by atomic mass is 14.9. The van der Waals surface area contributed by atoms with Crippen LogP contribution in [0.15, 0.2) is 36.4 Å². The van der Waals surface area contributed by atoms with Crippen LogP contribution in [0.2, 0.25) is 0 Å². The van der Waals surface area contributed by atoms with Crippen LogP contribution < -0.4 is 4.57 Å². The minimum atomic E-state index is 0.588. The summed E-state index contributed by atoms with van der Waals surface area (Å²) in [6, 6.07) is 14.1. The summed E-state index contributed by atoms with van der Waals surface area (Å²) in [6.07, 6.45) is 0. The van der Waals surface area contributed by atoms with Crippen LogP contribution in [0.5, 0.6) is 0 Å². The van der Waals surface area contributed by atoms with Gasteiger partial charge in [-0.15, -0.1) is 0 Å². The summed E-state index contributed by atoms with van der Waals surface area (Å²) in [5, 5.41) is 2.70. The number of hydrogen-bond acceptors (Lipinski definition) is 0. The Morgan fingerprint density at radius 3 is 2.04 bits per heavy atom. The van der Waals surface area contributed by atoms with Gasteiger partial charge in [0.05, 0.1) is 10.9 Å². The Kier molecular flexibility index (Phi) is 5.66. The van der Waals surface area contributed by atoms with Crippen molar-refractivity contribution in [2.45, 2.75) is 61.3 Å². The maximum absolute atomic E-state index is 2.44. The standard InChI is InChI=1S/C27H36N/c1-16(2)26(17(3)4)22-10-11-24-23(15-22)14-20(7)28(9)27(24)25-13-18(5)12-19(6)21(25)8/h10-17,26H,1-9H3/q+1. The van der Waals surface area contributed by atoms with Crippen molar-refractivity contribution in [2.24, 2.45) is 18.9 Å². The second kappa shape index (κ2) is 7.70. The maximum atomic E-state index is 2.44. The van der Waals surface area contributed by atoms with E-state index in [0.29, 0.717) is 17.8 Å². The predicted molar refractivity (Wildman–Crippen MR) is 122 cm³/mol. The minimum absolute atomic E-state index is 0.588. The van der Waals surface area contributed by atoms with Crippen molar-refractivity contribution in [3.8, 4) is 11.3 Å². The molecule has 0 unspecified atom stereocenters. The van der Waals surface area contributed by atoms with Crippen LogP contribution in [0.4, 0.5) is 0 Å². The molecule has 28 heavy (non-hydrogen) atoms. The summed E-state index contributed by atoms with van der Waals surface area (Å²) in [5.41, 5.74) is 9.50. The maximum Gasteiger partial charge on any atom is 0.220 e. The van der Waals surface area contributed by atoms with Gasteiger partial charge in [-0.05, 0) is 72.7 Å². The zero-order chi connectivity index (χ0) is 20.7. The van der Waals surface area contributed by atoms with Gasteiger partial charge >= 0.3 is 0 Å². The highest BCUT2D eigenvalue weighted by Gasteiger charge is 2.24. The smallest absolute Gasteiger partial charge is 0.198 e. The summed E-state index contributed by atoms with van der Waals surface area (Å²) in [4.78, 5) is 0. The number of pyridine rings is 1. The molecule has 0 aliphatic rings. The number of aromatic nitrogens is 1. The van der Waals surface area contributed by atoms with Gasteiger partial charge < -0.3 is 0 Å². The summed E-state index contributed by atoms with van der Waals surface area (Å²) in [5.74, 6) is 1.86. The second-order valence-electron chi connectivity index (χ2n) is 9.31. The van der Waals surface area contributed by atoms with Crippen LogP contribution in [-0.2, 0) is 7.05 Å². The van der Waals surface area contributed by atoms with Crippen LogP contribution in [0, 0.1) is 39.5 Å². The fraction of sp³-hybridized carbons (Fsp3) is 0.444. The van der Waals surface area contributed by atoms with Crippen molar-refractivity contribution < 1.29 is 4.57 Å². The van der Waals surface area contributed by atoms with Crippen LogP contribution in [-0.4, -0.2) is 0 Å². The number of nitrogens with zero attached hydrogens (tertiary/aromatic N) is 1. The number of fused-ring (bicyclic) bond motifs is 1. The van der Waals surface area contributed by atoms with Crippen LogP contribution in [0.1, 0.15) is 61.6 Å². The van der Waals surface area contributed by atoms with Gasteiger partial charge in [0, 0.05) is 13.0 Å². The van der Waals surface area contributed by atoms with Gasteiger partial charge in [0.15, 0.2) is 5.69 Å². The second-order valence-corrected chi connectivity index (χ2v) is 9.31. The molecule has 0 spiro atoms. The van der Waals surface area contributed by atoms with E-state index in [-0.39, 0.29) is 0 Å². The average molecular weight is 375 g/mol. The molecule has 148 valence electrons. The number of benzene rings is 2. The van der Waals surface area contributed by atoms with Crippen molar-refractivity contribution in [1.29, 1.82) is 0 Å². The lowest BCUT2D eigenvalue weighted by Gasteiger charge is -2.25. The summed E-state index contributed by atoms with van der Waals surface area (Å²) in [7, 11) is 2.19. The van der Waals surface area contributed by atoms with E-state index in [0.717, 1.165) is 0 Å². The van der Waals surface area contributed by atoms with E-state index in [1.54, 1.807) is 0 Å². The van der Waals surface area contributed by atoms with Crippen LogP contribution in [0.3, 0.4) is 0 Å². The van der Waals surface area contributed by atoms with Gasteiger partial charge in [-0.3, -0.25) is 0 Å². The number of aryl methyl sites for hydroxylation is 3. The molecular weight excluding hydrogens is 338 g/mol. The van der Waals surface area contributed by atoms with Crippen molar-refractivity contribution in [2.75, 3.05) is 0 Å². The van der Waals surface area contributed by atoms with Crippen molar-refractivity contribution in [1.82, 2.24) is 0 Å². The van der Waals surface area contributed by atoms with E-state index in [9.17, 15) is 0 Å². The molecule has 1 heteroatoms. The van der Waals surface area contributed by atoms with Gasteiger partial charge in [0.25, 0.3) is 0 Å². The Morgan fingerprint density at radius 2 is 1.43 bits per heavy atom. The lowest BCUT2D eigenvalue weighted by molar-refractivity contribution is -0.665. The first-order chi connectivity index (χ1) is 13.1. The van der Waals surface area contributed by atoms with E-state index in [1.165, 1.54) is 50.0 Å². The molecule has 0 amide bonds. The van der Waals surface area contributed by atoms with Crippen LogP contribution in [0.25, 0.3) is 22.0 Å². The Bertz CT molecular complexity index is 1020. The minimum Gasteiger partial charge on any atom is -0.198 e. The highest BCUT2D eigenvalue weighted by Crippen LogP contribution is 2.36. The molecule has 0 radical (unpaired) electrons. The monoisotopic (exact) mass is 374 g/mol. The van der Waals surface area contributed by atoms with E-state index in [4.69, 9.17) is 0 Å². The molecule has 0 saturated heterocycles.